The quantitative estimate of drug-likeness (QED) is 0.672. The van der Waals surface area contributed by atoms with Gasteiger partial charge in [-0.1, -0.05) is 6.92 Å². The molecule has 0 bridgehead atoms. The Morgan fingerprint density at radius 3 is 2.53 bits per heavy atom. The van der Waals surface area contributed by atoms with Crippen molar-refractivity contribution in [3.63, 3.8) is 0 Å². The minimum Gasteiger partial charge on any atom is -0.271 e. The Labute approximate surface area is 96.7 Å². The van der Waals surface area contributed by atoms with Crippen molar-refractivity contribution in [1.29, 1.82) is 0 Å². The van der Waals surface area contributed by atoms with Gasteiger partial charge in [-0.25, -0.2) is 9.48 Å². The molecule has 2 N–H and O–H groups in total. The molecule has 17 heavy (non-hydrogen) atoms. The first kappa shape index (κ1) is 12.8. The molecular formula is C9H14N6O2. The second-order valence-electron chi connectivity index (χ2n) is 3.28. The fourth-order valence-electron chi connectivity index (χ4n) is 0.980. The Kier molecular flexibility index (Phi) is 4.32. The van der Waals surface area contributed by atoms with Crippen LogP contribution in [0.3, 0.4) is 0 Å². The van der Waals surface area contributed by atoms with E-state index >= 15 is 0 Å². The number of nitrogens with one attached hydrogen (secondary N) is 2. The maximum absolute atomic E-state index is 10.7. The molecule has 0 radical (unpaired) electrons. The highest BCUT2D eigenvalue weighted by atomic mass is 16.2. The van der Waals surface area contributed by atoms with Crippen molar-refractivity contribution in [3.05, 3.63) is 38.4 Å². The third kappa shape index (κ3) is 3.67. The summed E-state index contributed by atoms with van der Waals surface area (Å²) in [6.45, 7) is 3.58. The fraction of sp³-hybridized carbons (Fsp3) is 0.444. The number of aromatic amines is 2. The summed E-state index contributed by atoms with van der Waals surface area (Å²) in [5.41, 5.74) is 0.390. The van der Waals surface area contributed by atoms with Crippen molar-refractivity contribution in [2.75, 3.05) is 0 Å². The van der Waals surface area contributed by atoms with Gasteiger partial charge in [0.1, 0.15) is 5.69 Å². The zero-order chi connectivity index (χ0) is 12.8. The van der Waals surface area contributed by atoms with Crippen LogP contribution in [0.15, 0.2) is 15.8 Å². The van der Waals surface area contributed by atoms with Crippen LogP contribution in [-0.4, -0.2) is 30.2 Å². The van der Waals surface area contributed by atoms with E-state index in [1.54, 1.807) is 6.20 Å². The summed E-state index contributed by atoms with van der Waals surface area (Å²) in [7, 11) is 1.48. The third-order valence-electron chi connectivity index (χ3n) is 1.97. The molecule has 2 heterocycles. The topological polar surface area (TPSA) is 109 Å². The van der Waals surface area contributed by atoms with Crippen LogP contribution in [-0.2, 0) is 13.5 Å². The van der Waals surface area contributed by atoms with Gasteiger partial charge in [0.15, 0.2) is 0 Å². The maximum atomic E-state index is 10.7. The normalized spacial score (nSPS) is 9.59. The average molecular weight is 238 g/mol. The number of hydrogen-bond acceptors (Lipinski definition) is 5. The van der Waals surface area contributed by atoms with E-state index in [0.717, 1.165) is 16.8 Å². The Balaban J connectivity index is 0.000000181. The Hall–Kier alpha value is -2.25. The summed E-state index contributed by atoms with van der Waals surface area (Å²) in [4.78, 5) is 23.4. The molecule has 0 fully saturated rings. The minimum atomic E-state index is -0.490. The number of nitrogens with zero attached hydrogens (tertiary/aromatic N) is 4. The van der Waals surface area contributed by atoms with Crippen molar-refractivity contribution in [2.24, 2.45) is 7.05 Å². The largest absolute Gasteiger partial charge is 0.344 e. The highest BCUT2D eigenvalue weighted by Crippen LogP contribution is 1.85. The van der Waals surface area contributed by atoms with Crippen LogP contribution < -0.4 is 11.2 Å². The van der Waals surface area contributed by atoms with Gasteiger partial charge < -0.3 is 0 Å². The van der Waals surface area contributed by atoms with Crippen LogP contribution in [0.2, 0.25) is 0 Å². The van der Waals surface area contributed by atoms with Gasteiger partial charge in [0.25, 0.3) is 5.56 Å². The van der Waals surface area contributed by atoms with Gasteiger partial charge in [-0.3, -0.25) is 9.78 Å². The van der Waals surface area contributed by atoms with Gasteiger partial charge in [-0.05, 0) is 13.3 Å². The Bertz CT molecular complexity index is 537. The van der Waals surface area contributed by atoms with Crippen LogP contribution in [0.5, 0.6) is 0 Å². The van der Waals surface area contributed by atoms with E-state index < -0.39 is 11.2 Å². The first-order valence-electron chi connectivity index (χ1n) is 5.03. The zero-order valence-electron chi connectivity index (χ0n) is 9.89. The molecule has 0 saturated heterocycles. The van der Waals surface area contributed by atoms with Crippen molar-refractivity contribution in [1.82, 2.24) is 30.2 Å². The lowest BCUT2D eigenvalue weighted by Gasteiger charge is -1.93. The minimum absolute atomic E-state index is 0.294. The van der Waals surface area contributed by atoms with Crippen LogP contribution in [0.25, 0.3) is 0 Å². The molecule has 92 valence electrons. The average Bonchev–Trinajstić information content (AvgIpc) is 2.80. The smallest absolute Gasteiger partial charge is 0.271 e. The van der Waals surface area contributed by atoms with E-state index in [1.165, 1.54) is 14.0 Å². The second-order valence-corrected chi connectivity index (χ2v) is 3.28. The van der Waals surface area contributed by atoms with Crippen molar-refractivity contribution in [2.45, 2.75) is 20.3 Å². The number of hydrogen-bond donors (Lipinski definition) is 2. The van der Waals surface area contributed by atoms with Gasteiger partial charge in [0, 0.05) is 7.05 Å². The van der Waals surface area contributed by atoms with E-state index in [4.69, 9.17) is 0 Å². The van der Waals surface area contributed by atoms with Crippen LogP contribution in [0.4, 0.5) is 0 Å². The first-order chi connectivity index (χ1) is 8.04. The predicted molar refractivity (Wildman–Crippen MR) is 60.6 cm³/mol. The van der Waals surface area contributed by atoms with Gasteiger partial charge in [0.2, 0.25) is 0 Å². The molecule has 0 amide bonds. The molecule has 0 aliphatic rings. The molecule has 8 nitrogen and oxygen atoms in total. The van der Waals surface area contributed by atoms with E-state index in [0.29, 0.717) is 5.69 Å². The summed E-state index contributed by atoms with van der Waals surface area (Å²) >= 11 is 0. The molecule has 8 heteroatoms. The Morgan fingerprint density at radius 2 is 2.12 bits per heavy atom. The van der Waals surface area contributed by atoms with E-state index in [2.05, 4.69) is 25.5 Å². The lowest BCUT2D eigenvalue weighted by Crippen LogP contribution is -2.31. The second kappa shape index (κ2) is 5.73. The molecule has 2 aromatic heterocycles. The highest BCUT2D eigenvalue weighted by Gasteiger charge is 1.95. The predicted octanol–water partition coefficient (Wildman–Crippen LogP) is -0.856. The van der Waals surface area contributed by atoms with Crippen LogP contribution >= 0.6 is 0 Å². The monoisotopic (exact) mass is 238 g/mol. The van der Waals surface area contributed by atoms with Crippen LogP contribution in [0.1, 0.15) is 18.3 Å². The molecule has 0 aromatic carbocycles. The number of H-pyrrole nitrogens is 2. The number of aryl methyl sites for hydroxylation is 3. The summed E-state index contributed by atoms with van der Waals surface area (Å²) in [6, 6.07) is 0. The van der Waals surface area contributed by atoms with Crippen molar-refractivity contribution in [3.8, 4) is 0 Å². The molecule has 2 rings (SSSR count). The van der Waals surface area contributed by atoms with Crippen molar-refractivity contribution >= 4 is 0 Å². The standard InChI is InChI=1S/C5H7N3O2.C4H7N3/c1-3-4(9)6-5(10)8(2)7-3;1-2-4-3-5-7-6-4/h1-2H3,(H,6,9,10);3H,2H2,1H3,(H,5,6,7). The van der Waals surface area contributed by atoms with Crippen molar-refractivity contribution < 1.29 is 0 Å². The molecule has 0 aliphatic heterocycles. The fourth-order valence-corrected chi connectivity index (χ4v) is 0.980. The summed E-state index contributed by atoms with van der Waals surface area (Å²) in [5.74, 6) is 0. The molecule has 0 spiro atoms. The number of rotatable bonds is 1. The maximum Gasteiger partial charge on any atom is 0.344 e. The molecular weight excluding hydrogens is 224 g/mol. The molecule has 0 unspecified atom stereocenters. The summed E-state index contributed by atoms with van der Waals surface area (Å²) in [6.07, 6.45) is 2.68. The molecule has 0 saturated carbocycles. The first-order valence-corrected chi connectivity index (χ1v) is 5.03. The molecule has 0 atom stereocenters. The lowest BCUT2D eigenvalue weighted by molar-refractivity contribution is 0.650. The Morgan fingerprint density at radius 1 is 1.41 bits per heavy atom. The molecule has 2 aromatic rings. The molecule has 0 aliphatic carbocycles. The lowest BCUT2D eigenvalue weighted by atomic mass is 10.4. The summed E-state index contributed by atoms with van der Waals surface area (Å²) < 4.78 is 1.08. The summed E-state index contributed by atoms with van der Waals surface area (Å²) in [5, 5.41) is 13.6. The highest BCUT2D eigenvalue weighted by molar-refractivity contribution is 4.88. The van der Waals surface area contributed by atoms with Crippen LogP contribution in [0, 0.1) is 6.92 Å². The SMILES string of the molecule is CCc1cn[nH]n1.Cc1nn(C)c(=O)[nH]c1=O. The van der Waals surface area contributed by atoms with Gasteiger partial charge in [0.05, 0.1) is 11.9 Å². The van der Waals surface area contributed by atoms with Gasteiger partial charge in [-0.2, -0.15) is 20.5 Å². The van der Waals surface area contributed by atoms with E-state index in [-0.39, 0.29) is 0 Å². The van der Waals surface area contributed by atoms with Gasteiger partial charge in [-0.15, -0.1) is 0 Å². The zero-order valence-corrected chi connectivity index (χ0v) is 9.89. The van der Waals surface area contributed by atoms with E-state index in [1.807, 2.05) is 6.92 Å². The third-order valence-corrected chi connectivity index (χ3v) is 1.97. The van der Waals surface area contributed by atoms with Gasteiger partial charge >= 0.3 is 5.69 Å². The van der Waals surface area contributed by atoms with E-state index in [9.17, 15) is 9.59 Å². The number of aromatic nitrogens is 6.